The van der Waals surface area contributed by atoms with Crippen LogP contribution in [0.3, 0.4) is 0 Å². The van der Waals surface area contributed by atoms with Crippen molar-refractivity contribution in [1.82, 2.24) is 5.43 Å². The lowest BCUT2D eigenvalue weighted by atomic mass is 10.0. The standard InChI is InChI=1S/C20H16N2O2/c23-19-8-4-5-15(13-19)14-21-22-20(24)18-11-9-17(10-12-18)16-6-2-1-3-7-16/h1-14,23H,(H,22,24). The van der Waals surface area contributed by atoms with E-state index in [-0.39, 0.29) is 11.7 Å². The van der Waals surface area contributed by atoms with E-state index in [1.165, 1.54) is 6.21 Å². The highest BCUT2D eigenvalue weighted by molar-refractivity contribution is 5.95. The molecule has 0 radical (unpaired) electrons. The fraction of sp³-hybridized carbons (Fsp3) is 0. The van der Waals surface area contributed by atoms with Crippen LogP contribution < -0.4 is 5.43 Å². The maximum absolute atomic E-state index is 12.1. The lowest BCUT2D eigenvalue weighted by Gasteiger charge is -2.03. The molecule has 3 rings (SSSR count). The number of carbonyl (C=O) groups is 1. The van der Waals surface area contributed by atoms with Crippen LogP contribution in [0, 0.1) is 0 Å². The van der Waals surface area contributed by atoms with Crippen LogP contribution in [0.4, 0.5) is 0 Å². The molecule has 4 heteroatoms. The van der Waals surface area contributed by atoms with E-state index in [4.69, 9.17) is 0 Å². The second kappa shape index (κ2) is 7.24. The first-order valence-corrected chi connectivity index (χ1v) is 7.50. The molecule has 2 N–H and O–H groups in total. The molecule has 3 aromatic rings. The van der Waals surface area contributed by atoms with Crippen LogP contribution in [0.15, 0.2) is 84.0 Å². The largest absolute Gasteiger partial charge is 0.508 e. The number of nitrogens with one attached hydrogen (secondary N) is 1. The quantitative estimate of drug-likeness (QED) is 0.568. The Morgan fingerprint density at radius 3 is 2.29 bits per heavy atom. The predicted octanol–water partition coefficient (Wildman–Crippen LogP) is 3.82. The van der Waals surface area contributed by atoms with E-state index >= 15 is 0 Å². The van der Waals surface area contributed by atoms with Crippen LogP contribution in [0.2, 0.25) is 0 Å². The highest BCUT2D eigenvalue weighted by Crippen LogP contribution is 2.19. The highest BCUT2D eigenvalue weighted by atomic mass is 16.3. The van der Waals surface area contributed by atoms with Gasteiger partial charge in [-0.1, -0.05) is 54.6 Å². The van der Waals surface area contributed by atoms with Crippen molar-refractivity contribution in [2.24, 2.45) is 5.10 Å². The summed E-state index contributed by atoms with van der Waals surface area (Å²) in [6.45, 7) is 0. The van der Waals surface area contributed by atoms with E-state index in [0.717, 1.165) is 11.1 Å². The number of aromatic hydroxyl groups is 1. The van der Waals surface area contributed by atoms with Crippen molar-refractivity contribution in [2.45, 2.75) is 0 Å². The maximum Gasteiger partial charge on any atom is 0.271 e. The number of carbonyl (C=O) groups excluding carboxylic acids is 1. The molecule has 4 nitrogen and oxygen atoms in total. The van der Waals surface area contributed by atoms with E-state index in [2.05, 4.69) is 10.5 Å². The van der Waals surface area contributed by atoms with Gasteiger partial charge in [0, 0.05) is 5.56 Å². The van der Waals surface area contributed by atoms with Gasteiger partial charge >= 0.3 is 0 Å². The Morgan fingerprint density at radius 1 is 0.875 bits per heavy atom. The Balaban J connectivity index is 1.65. The molecule has 0 atom stereocenters. The van der Waals surface area contributed by atoms with E-state index in [1.54, 1.807) is 36.4 Å². The first kappa shape index (κ1) is 15.5. The molecule has 118 valence electrons. The van der Waals surface area contributed by atoms with Gasteiger partial charge in [-0.3, -0.25) is 4.79 Å². The zero-order chi connectivity index (χ0) is 16.8. The molecule has 0 saturated heterocycles. The predicted molar refractivity (Wildman–Crippen MR) is 95.0 cm³/mol. The van der Waals surface area contributed by atoms with Gasteiger partial charge < -0.3 is 5.11 Å². The van der Waals surface area contributed by atoms with Crippen LogP contribution in [0.25, 0.3) is 11.1 Å². The minimum atomic E-state index is -0.286. The smallest absolute Gasteiger partial charge is 0.271 e. The van der Waals surface area contributed by atoms with Crippen molar-refractivity contribution in [3.05, 3.63) is 90.0 Å². The number of rotatable bonds is 4. The van der Waals surface area contributed by atoms with Crippen LogP contribution >= 0.6 is 0 Å². The molecule has 0 heterocycles. The van der Waals surface area contributed by atoms with Gasteiger partial charge in [0.15, 0.2) is 0 Å². The summed E-state index contributed by atoms with van der Waals surface area (Å²) < 4.78 is 0. The number of hydrogen-bond acceptors (Lipinski definition) is 3. The summed E-state index contributed by atoms with van der Waals surface area (Å²) in [5, 5.41) is 13.3. The third-order valence-corrected chi connectivity index (χ3v) is 3.50. The zero-order valence-electron chi connectivity index (χ0n) is 12.9. The van der Waals surface area contributed by atoms with E-state index in [1.807, 2.05) is 42.5 Å². The summed E-state index contributed by atoms with van der Waals surface area (Å²) in [7, 11) is 0. The highest BCUT2D eigenvalue weighted by Gasteiger charge is 2.04. The number of nitrogens with zero attached hydrogens (tertiary/aromatic N) is 1. The normalized spacial score (nSPS) is 10.7. The number of phenols is 1. The number of benzene rings is 3. The summed E-state index contributed by atoms with van der Waals surface area (Å²) in [6.07, 6.45) is 1.48. The second-order valence-corrected chi connectivity index (χ2v) is 5.24. The average Bonchev–Trinajstić information content (AvgIpc) is 2.63. The Hall–Kier alpha value is -3.40. The molecular weight excluding hydrogens is 300 g/mol. The Bertz CT molecular complexity index is 856. The average molecular weight is 316 g/mol. The Labute approximate surface area is 140 Å². The lowest BCUT2D eigenvalue weighted by Crippen LogP contribution is -2.17. The van der Waals surface area contributed by atoms with Gasteiger partial charge in [-0.15, -0.1) is 0 Å². The SMILES string of the molecule is O=C(NN=Cc1cccc(O)c1)c1ccc(-c2ccccc2)cc1. The molecule has 0 fully saturated rings. The fourth-order valence-electron chi connectivity index (χ4n) is 2.28. The first-order chi connectivity index (χ1) is 11.7. The van der Waals surface area contributed by atoms with Gasteiger partial charge in [0.2, 0.25) is 0 Å². The molecule has 0 aliphatic heterocycles. The molecule has 0 spiro atoms. The monoisotopic (exact) mass is 316 g/mol. The van der Waals surface area contributed by atoms with Crippen molar-refractivity contribution in [3.8, 4) is 16.9 Å². The first-order valence-electron chi connectivity index (χ1n) is 7.50. The number of hydrogen-bond donors (Lipinski definition) is 2. The van der Waals surface area contributed by atoms with E-state index in [0.29, 0.717) is 11.1 Å². The zero-order valence-corrected chi connectivity index (χ0v) is 12.9. The molecule has 0 aliphatic rings. The van der Waals surface area contributed by atoms with Gasteiger partial charge in [-0.2, -0.15) is 5.10 Å². The molecular formula is C20H16N2O2. The molecule has 0 bridgehead atoms. The Morgan fingerprint density at radius 2 is 1.58 bits per heavy atom. The third-order valence-electron chi connectivity index (χ3n) is 3.50. The van der Waals surface area contributed by atoms with Gasteiger partial charge in [0.1, 0.15) is 5.75 Å². The van der Waals surface area contributed by atoms with Gasteiger partial charge in [0.25, 0.3) is 5.91 Å². The molecule has 0 saturated carbocycles. The molecule has 0 unspecified atom stereocenters. The van der Waals surface area contributed by atoms with Crippen LogP contribution in [0.1, 0.15) is 15.9 Å². The maximum atomic E-state index is 12.1. The van der Waals surface area contributed by atoms with Gasteiger partial charge in [-0.25, -0.2) is 5.43 Å². The summed E-state index contributed by atoms with van der Waals surface area (Å²) in [5.74, 6) is -0.132. The van der Waals surface area contributed by atoms with Crippen LogP contribution in [-0.2, 0) is 0 Å². The molecule has 24 heavy (non-hydrogen) atoms. The summed E-state index contributed by atoms with van der Waals surface area (Å²) in [5.41, 5.74) is 5.86. The molecule has 3 aromatic carbocycles. The van der Waals surface area contributed by atoms with Crippen molar-refractivity contribution in [1.29, 1.82) is 0 Å². The van der Waals surface area contributed by atoms with Crippen molar-refractivity contribution < 1.29 is 9.90 Å². The summed E-state index contributed by atoms with van der Waals surface area (Å²) in [6, 6.07) is 23.9. The van der Waals surface area contributed by atoms with Gasteiger partial charge in [-0.05, 0) is 41.0 Å². The molecule has 1 amide bonds. The number of amides is 1. The fourth-order valence-corrected chi connectivity index (χ4v) is 2.28. The van der Waals surface area contributed by atoms with Gasteiger partial charge in [0.05, 0.1) is 6.21 Å². The van der Waals surface area contributed by atoms with E-state index in [9.17, 15) is 9.90 Å². The summed E-state index contributed by atoms with van der Waals surface area (Å²) >= 11 is 0. The number of hydrazone groups is 1. The minimum Gasteiger partial charge on any atom is -0.508 e. The topological polar surface area (TPSA) is 61.7 Å². The third kappa shape index (κ3) is 3.87. The van der Waals surface area contributed by atoms with Crippen LogP contribution in [0.5, 0.6) is 5.75 Å². The summed E-state index contributed by atoms with van der Waals surface area (Å²) in [4.78, 5) is 12.1. The van der Waals surface area contributed by atoms with E-state index < -0.39 is 0 Å². The van der Waals surface area contributed by atoms with Crippen LogP contribution in [-0.4, -0.2) is 17.2 Å². The number of phenolic OH excluding ortho intramolecular Hbond substituents is 1. The van der Waals surface area contributed by atoms with Crippen molar-refractivity contribution in [2.75, 3.05) is 0 Å². The molecule has 0 aromatic heterocycles. The van der Waals surface area contributed by atoms with Crippen molar-refractivity contribution >= 4 is 12.1 Å². The Kier molecular flexibility index (Phi) is 4.68. The van der Waals surface area contributed by atoms with Crippen molar-refractivity contribution in [3.63, 3.8) is 0 Å². The lowest BCUT2D eigenvalue weighted by molar-refractivity contribution is 0.0955. The second-order valence-electron chi connectivity index (χ2n) is 5.24. The minimum absolute atomic E-state index is 0.154. The molecule has 0 aliphatic carbocycles.